The number of aromatic nitrogens is 2. The van der Waals surface area contributed by atoms with E-state index in [1.54, 1.807) is 0 Å². The van der Waals surface area contributed by atoms with Gasteiger partial charge in [-0.15, -0.1) is 0 Å². The van der Waals surface area contributed by atoms with Gasteiger partial charge >= 0.3 is 6.18 Å². The van der Waals surface area contributed by atoms with Gasteiger partial charge in [0.05, 0.1) is 11.4 Å². The minimum absolute atomic E-state index is 0.00738. The number of halogens is 3. The molecule has 0 radical (unpaired) electrons. The van der Waals surface area contributed by atoms with Crippen molar-refractivity contribution in [3.8, 4) is 5.69 Å². The lowest BCUT2D eigenvalue weighted by Gasteiger charge is -2.09. The van der Waals surface area contributed by atoms with Crippen LogP contribution in [-0.4, -0.2) is 18.2 Å². The second-order valence-electron chi connectivity index (χ2n) is 3.88. The van der Waals surface area contributed by atoms with Crippen molar-refractivity contribution >= 4 is 15.7 Å². The SMILES string of the molecule is Nc1c(-n2ccc(C(F)(F)F)n2)cccc1S(N)(=O)=O. The first-order chi connectivity index (χ1) is 9.10. The third kappa shape index (κ3) is 2.60. The van der Waals surface area contributed by atoms with Gasteiger partial charge in [-0.2, -0.15) is 18.3 Å². The lowest BCUT2D eigenvalue weighted by molar-refractivity contribution is -0.141. The summed E-state index contributed by atoms with van der Waals surface area (Å²) >= 11 is 0. The number of hydrogen-bond acceptors (Lipinski definition) is 4. The average molecular weight is 306 g/mol. The van der Waals surface area contributed by atoms with Gasteiger partial charge in [0.25, 0.3) is 0 Å². The van der Waals surface area contributed by atoms with E-state index >= 15 is 0 Å². The van der Waals surface area contributed by atoms with Gasteiger partial charge in [-0.3, -0.25) is 0 Å². The normalized spacial score (nSPS) is 12.6. The van der Waals surface area contributed by atoms with E-state index in [-0.39, 0.29) is 16.3 Å². The van der Waals surface area contributed by atoms with E-state index < -0.39 is 21.9 Å². The summed E-state index contributed by atoms with van der Waals surface area (Å²) in [6.07, 6.45) is -3.57. The molecule has 10 heteroatoms. The summed E-state index contributed by atoms with van der Waals surface area (Å²) in [6, 6.07) is 4.54. The Morgan fingerprint density at radius 1 is 1.20 bits per heavy atom. The minimum atomic E-state index is -4.60. The van der Waals surface area contributed by atoms with Crippen molar-refractivity contribution in [1.29, 1.82) is 0 Å². The van der Waals surface area contributed by atoms with E-state index in [2.05, 4.69) is 5.10 Å². The molecule has 0 spiro atoms. The van der Waals surface area contributed by atoms with Crippen LogP contribution in [0.25, 0.3) is 5.69 Å². The maximum Gasteiger partial charge on any atom is 0.435 e. The number of nitrogens with zero attached hydrogens (tertiary/aromatic N) is 2. The molecule has 0 amide bonds. The molecule has 1 aromatic carbocycles. The zero-order valence-electron chi connectivity index (χ0n) is 9.79. The van der Waals surface area contributed by atoms with Crippen molar-refractivity contribution in [2.75, 3.05) is 5.73 Å². The number of para-hydroxylation sites is 1. The zero-order valence-corrected chi connectivity index (χ0v) is 10.6. The van der Waals surface area contributed by atoms with Gasteiger partial charge in [-0.25, -0.2) is 18.2 Å². The molecule has 0 aliphatic carbocycles. The fourth-order valence-electron chi connectivity index (χ4n) is 1.59. The largest absolute Gasteiger partial charge is 0.435 e. The molecule has 4 N–H and O–H groups in total. The highest BCUT2D eigenvalue weighted by Crippen LogP contribution is 2.29. The number of sulfonamides is 1. The predicted octanol–water partition coefficient (Wildman–Crippen LogP) is 1.12. The molecular formula is C10H9F3N4O2S. The number of hydrogen-bond donors (Lipinski definition) is 2. The number of rotatable bonds is 2. The van der Waals surface area contributed by atoms with Crippen LogP contribution in [0.4, 0.5) is 18.9 Å². The fraction of sp³-hybridized carbons (Fsp3) is 0.100. The van der Waals surface area contributed by atoms with Crippen LogP contribution in [0, 0.1) is 0 Å². The number of benzene rings is 1. The Morgan fingerprint density at radius 2 is 1.85 bits per heavy atom. The number of nitrogens with two attached hydrogens (primary N) is 2. The maximum absolute atomic E-state index is 12.5. The summed E-state index contributed by atoms with van der Waals surface area (Å²) in [5, 5.41) is 8.27. The molecule has 0 saturated carbocycles. The molecular weight excluding hydrogens is 297 g/mol. The van der Waals surface area contributed by atoms with E-state index in [4.69, 9.17) is 10.9 Å². The number of nitrogen functional groups attached to an aromatic ring is 1. The molecule has 0 aliphatic heterocycles. The van der Waals surface area contributed by atoms with Crippen LogP contribution < -0.4 is 10.9 Å². The first-order valence-corrected chi connectivity index (χ1v) is 6.70. The first-order valence-electron chi connectivity index (χ1n) is 5.15. The summed E-state index contributed by atoms with van der Waals surface area (Å²) in [5.41, 5.74) is 4.23. The number of alkyl halides is 3. The molecule has 0 unspecified atom stereocenters. The molecule has 0 saturated heterocycles. The Morgan fingerprint density at radius 3 is 2.35 bits per heavy atom. The Bertz CT molecular complexity index is 752. The van der Waals surface area contributed by atoms with Gasteiger partial charge in [0.15, 0.2) is 5.69 Å². The van der Waals surface area contributed by atoms with Crippen LogP contribution in [0.3, 0.4) is 0 Å². The second kappa shape index (κ2) is 4.49. The molecule has 2 rings (SSSR count). The number of primary sulfonamides is 1. The summed E-state index contributed by atoms with van der Waals surface area (Å²) in [6.45, 7) is 0. The monoisotopic (exact) mass is 306 g/mol. The summed E-state index contributed by atoms with van der Waals surface area (Å²) in [4.78, 5) is -0.376. The van der Waals surface area contributed by atoms with E-state index in [1.807, 2.05) is 0 Å². The van der Waals surface area contributed by atoms with Crippen LogP contribution in [0.2, 0.25) is 0 Å². The van der Waals surface area contributed by atoms with Gasteiger partial charge in [-0.1, -0.05) is 6.07 Å². The van der Waals surface area contributed by atoms with Gasteiger partial charge in [0, 0.05) is 6.20 Å². The van der Waals surface area contributed by atoms with Crippen molar-refractivity contribution in [2.45, 2.75) is 11.1 Å². The lowest BCUT2D eigenvalue weighted by atomic mass is 10.3. The highest BCUT2D eigenvalue weighted by molar-refractivity contribution is 7.89. The Hall–Kier alpha value is -2.07. The summed E-state index contributed by atoms with van der Waals surface area (Å²) in [5.74, 6) is 0. The van der Waals surface area contributed by atoms with Crippen LogP contribution in [-0.2, 0) is 16.2 Å². The quantitative estimate of drug-likeness (QED) is 0.811. The van der Waals surface area contributed by atoms with Crippen molar-refractivity contribution in [1.82, 2.24) is 9.78 Å². The Balaban J connectivity index is 2.57. The third-order valence-electron chi connectivity index (χ3n) is 2.48. The molecule has 6 nitrogen and oxygen atoms in total. The van der Waals surface area contributed by atoms with Crippen LogP contribution >= 0.6 is 0 Å². The Kier molecular flexibility index (Phi) is 3.22. The second-order valence-corrected chi connectivity index (χ2v) is 5.41. The van der Waals surface area contributed by atoms with E-state index in [0.717, 1.165) is 23.0 Å². The smallest absolute Gasteiger partial charge is 0.396 e. The first kappa shape index (κ1) is 14.3. The Labute approximate surface area is 111 Å². The van der Waals surface area contributed by atoms with Crippen molar-refractivity contribution < 1.29 is 21.6 Å². The molecule has 20 heavy (non-hydrogen) atoms. The van der Waals surface area contributed by atoms with Crippen molar-refractivity contribution in [3.05, 3.63) is 36.2 Å². The molecule has 0 fully saturated rings. The van der Waals surface area contributed by atoms with Gasteiger partial charge < -0.3 is 5.73 Å². The zero-order chi connectivity index (χ0) is 15.1. The number of anilines is 1. The predicted molar refractivity (Wildman–Crippen MR) is 64.4 cm³/mol. The van der Waals surface area contributed by atoms with Gasteiger partial charge in [0.1, 0.15) is 4.90 Å². The molecule has 0 aliphatic rings. The molecule has 0 atom stereocenters. The van der Waals surface area contributed by atoms with E-state index in [1.165, 1.54) is 12.1 Å². The summed E-state index contributed by atoms with van der Waals surface area (Å²) in [7, 11) is -4.07. The van der Waals surface area contributed by atoms with Crippen LogP contribution in [0.5, 0.6) is 0 Å². The van der Waals surface area contributed by atoms with E-state index in [0.29, 0.717) is 0 Å². The van der Waals surface area contributed by atoms with Gasteiger partial charge in [0.2, 0.25) is 10.0 Å². The topological polar surface area (TPSA) is 104 Å². The van der Waals surface area contributed by atoms with Gasteiger partial charge in [-0.05, 0) is 18.2 Å². The van der Waals surface area contributed by atoms with Crippen molar-refractivity contribution in [2.24, 2.45) is 5.14 Å². The molecule has 1 aromatic heterocycles. The third-order valence-corrected chi connectivity index (χ3v) is 3.45. The standard InChI is InChI=1S/C10H9F3N4O2S/c11-10(12,13)8-4-5-17(16-8)6-2-1-3-7(9(6)14)20(15,18)19/h1-5H,14H2,(H2,15,18,19). The maximum atomic E-state index is 12.5. The van der Waals surface area contributed by atoms with Crippen molar-refractivity contribution in [3.63, 3.8) is 0 Å². The van der Waals surface area contributed by atoms with Crippen LogP contribution in [0.1, 0.15) is 5.69 Å². The molecule has 0 bridgehead atoms. The average Bonchev–Trinajstić information content (AvgIpc) is 2.76. The molecule has 1 heterocycles. The summed E-state index contributed by atoms with van der Waals surface area (Å²) < 4.78 is 60.8. The van der Waals surface area contributed by atoms with E-state index in [9.17, 15) is 21.6 Å². The minimum Gasteiger partial charge on any atom is -0.396 e. The lowest BCUT2D eigenvalue weighted by Crippen LogP contribution is -2.16. The molecule has 108 valence electrons. The highest BCUT2D eigenvalue weighted by atomic mass is 32.2. The van der Waals surface area contributed by atoms with Crippen LogP contribution in [0.15, 0.2) is 35.4 Å². The fourth-order valence-corrected chi connectivity index (χ4v) is 2.27. The molecule has 2 aromatic rings. The highest BCUT2D eigenvalue weighted by Gasteiger charge is 2.33.